The van der Waals surface area contributed by atoms with Gasteiger partial charge in [-0.15, -0.1) is 0 Å². The van der Waals surface area contributed by atoms with Crippen molar-refractivity contribution in [2.24, 2.45) is 5.92 Å². The van der Waals surface area contributed by atoms with E-state index in [0.717, 1.165) is 0 Å². The number of alkyl carbamates (subject to hydrolysis) is 1. The fourth-order valence-corrected chi connectivity index (χ4v) is 5.13. The van der Waals surface area contributed by atoms with Gasteiger partial charge in [0.2, 0.25) is 5.12 Å². The fraction of sp³-hybridized carbons (Fsp3) is 0.583. The van der Waals surface area contributed by atoms with Crippen LogP contribution in [0.1, 0.15) is 46.1 Å². The quantitative estimate of drug-likeness (QED) is 0.486. The Balaban J connectivity index is 2.24. The van der Waals surface area contributed by atoms with Crippen LogP contribution in [0.15, 0.2) is 30.3 Å². The summed E-state index contributed by atoms with van der Waals surface area (Å²) in [6.45, 7) is 6.06. The van der Waals surface area contributed by atoms with Crippen molar-refractivity contribution in [3.05, 3.63) is 35.9 Å². The highest BCUT2D eigenvalue weighted by Gasteiger charge is 2.61. The topological polar surface area (TPSA) is 110 Å². The molecule has 1 aliphatic rings. The second kappa shape index (κ2) is 11.6. The fourth-order valence-electron chi connectivity index (χ4n) is 4.13. The minimum absolute atomic E-state index is 0.0112. The summed E-state index contributed by atoms with van der Waals surface area (Å²) in [5.74, 6) is -5.15. The molecule has 0 spiro atoms. The van der Waals surface area contributed by atoms with Crippen LogP contribution >= 0.6 is 11.8 Å². The van der Waals surface area contributed by atoms with E-state index in [1.807, 2.05) is 0 Å². The van der Waals surface area contributed by atoms with Gasteiger partial charge in [-0.2, -0.15) is 22.4 Å². The number of amides is 3. The molecule has 0 aliphatic carbocycles. The van der Waals surface area contributed by atoms with Gasteiger partial charge in [0.15, 0.2) is 5.92 Å². The van der Waals surface area contributed by atoms with Crippen LogP contribution in [-0.2, 0) is 20.7 Å². The average Bonchev–Trinajstić information content (AvgIpc) is 3.14. The van der Waals surface area contributed by atoms with Crippen LogP contribution in [0.4, 0.5) is 22.8 Å². The van der Waals surface area contributed by atoms with E-state index in [2.05, 4.69) is 5.32 Å². The van der Waals surface area contributed by atoms with Gasteiger partial charge < -0.3 is 15.2 Å². The number of hydrogen-bond donors (Lipinski definition) is 2. The number of hydrogen-bond acceptors (Lipinski definition) is 6. The van der Waals surface area contributed by atoms with Gasteiger partial charge in [-0.25, -0.2) is 9.59 Å². The van der Waals surface area contributed by atoms with Crippen molar-refractivity contribution in [1.82, 2.24) is 5.32 Å². The number of quaternary nitrogens is 1. The number of thioether (sulfide) groups is 1. The van der Waals surface area contributed by atoms with Crippen LogP contribution in [-0.4, -0.2) is 69.0 Å². The van der Waals surface area contributed by atoms with Crippen LogP contribution < -0.4 is 5.32 Å². The predicted molar refractivity (Wildman–Crippen MR) is 127 cm³/mol. The van der Waals surface area contributed by atoms with Crippen molar-refractivity contribution in [3.8, 4) is 0 Å². The lowest BCUT2D eigenvalue weighted by atomic mass is 10.1. The SMILES string of the molecule is C[C@@H]1CCC[N+]1(C(=O)O)C(=O)C(CSC(=O)[C@H](Cc1ccccc1)NC(=O)OC(C)(C)C)C(F)(F)F. The molecule has 2 rings (SSSR count). The first kappa shape index (κ1) is 29.6. The highest BCUT2D eigenvalue weighted by Crippen LogP contribution is 2.37. The summed E-state index contributed by atoms with van der Waals surface area (Å²) in [5.41, 5.74) is -0.218. The van der Waals surface area contributed by atoms with E-state index in [9.17, 15) is 37.5 Å². The molecule has 0 radical (unpaired) electrons. The van der Waals surface area contributed by atoms with Crippen LogP contribution in [0.5, 0.6) is 0 Å². The molecule has 0 aromatic heterocycles. The van der Waals surface area contributed by atoms with Gasteiger partial charge in [0.05, 0.1) is 6.54 Å². The standard InChI is InChI=1S/C24H31F3N2O6S/c1-15-9-8-12-29(15,22(33)34)19(30)17(24(25,26)27)14-36-20(31)18(13-16-10-6-5-7-11-16)28-21(32)35-23(2,3)4/h5-7,10-11,15,17-18H,8-9,12-14H2,1-4H3,(H-,28,32,33,34)/p+1/t15-,17?,18+,29?/m1/s1. The van der Waals surface area contributed by atoms with Gasteiger partial charge in [-0.3, -0.25) is 4.79 Å². The third-order valence-electron chi connectivity index (χ3n) is 5.96. The Bertz CT molecular complexity index is 967. The largest absolute Gasteiger partial charge is 0.521 e. The molecule has 2 unspecified atom stereocenters. The normalized spacial score (nSPS) is 21.9. The molecule has 1 heterocycles. The number of alkyl halides is 3. The van der Waals surface area contributed by atoms with E-state index in [1.165, 1.54) is 6.92 Å². The minimum Gasteiger partial charge on any atom is -0.444 e. The molecule has 0 bridgehead atoms. The van der Waals surface area contributed by atoms with Crippen molar-refractivity contribution >= 4 is 35.0 Å². The molecule has 200 valence electrons. The Morgan fingerprint density at radius 2 is 1.78 bits per heavy atom. The van der Waals surface area contributed by atoms with Crippen LogP contribution in [0.3, 0.4) is 0 Å². The summed E-state index contributed by atoms with van der Waals surface area (Å²) in [6, 6.07) is 6.50. The molecule has 1 saturated heterocycles. The maximum absolute atomic E-state index is 13.9. The number of ether oxygens (including phenoxy) is 1. The first-order valence-corrected chi connectivity index (χ1v) is 12.5. The Morgan fingerprint density at radius 3 is 2.25 bits per heavy atom. The Kier molecular flexibility index (Phi) is 9.58. The molecule has 2 N–H and O–H groups in total. The summed E-state index contributed by atoms with van der Waals surface area (Å²) in [6.07, 6.45) is -7.02. The zero-order chi connectivity index (χ0) is 27.3. The summed E-state index contributed by atoms with van der Waals surface area (Å²) in [5, 5.41) is 11.3. The molecule has 1 aromatic rings. The van der Waals surface area contributed by atoms with E-state index in [0.29, 0.717) is 18.4 Å². The summed E-state index contributed by atoms with van der Waals surface area (Å²) in [4.78, 5) is 50.3. The maximum Gasteiger partial charge on any atom is 0.521 e. The number of imide groups is 1. The second-order valence-corrected chi connectivity index (χ2v) is 10.8. The smallest absolute Gasteiger partial charge is 0.444 e. The zero-order valence-electron chi connectivity index (χ0n) is 20.6. The molecule has 1 aromatic carbocycles. The lowest BCUT2D eigenvalue weighted by molar-refractivity contribution is -0.794. The van der Waals surface area contributed by atoms with Gasteiger partial charge >= 0.3 is 24.3 Å². The number of benzene rings is 1. The molecule has 1 aliphatic heterocycles. The molecule has 4 atom stereocenters. The number of nitrogens with one attached hydrogen (secondary N) is 1. The number of rotatable bonds is 7. The number of nitrogens with zero attached hydrogens (tertiary/aromatic N) is 1. The number of carboxylic acid groups (broad SMARTS) is 1. The van der Waals surface area contributed by atoms with Crippen molar-refractivity contribution in [1.29, 1.82) is 0 Å². The molecule has 3 amide bonds. The van der Waals surface area contributed by atoms with Crippen molar-refractivity contribution in [2.45, 2.75) is 70.8 Å². The molecule has 12 heteroatoms. The van der Waals surface area contributed by atoms with Crippen LogP contribution in [0, 0.1) is 5.92 Å². The van der Waals surface area contributed by atoms with Gasteiger partial charge in [-0.1, -0.05) is 42.1 Å². The van der Waals surface area contributed by atoms with Gasteiger partial charge in [0.25, 0.3) is 0 Å². The average molecular weight is 534 g/mol. The highest BCUT2D eigenvalue weighted by molar-refractivity contribution is 8.13. The first-order valence-electron chi connectivity index (χ1n) is 11.5. The summed E-state index contributed by atoms with van der Waals surface area (Å²) in [7, 11) is 0. The van der Waals surface area contributed by atoms with Crippen LogP contribution in [0.25, 0.3) is 0 Å². The predicted octanol–water partition coefficient (Wildman–Crippen LogP) is 4.76. The van der Waals surface area contributed by atoms with Crippen molar-refractivity contribution in [3.63, 3.8) is 0 Å². The summed E-state index contributed by atoms with van der Waals surface area (Å²) < 4.78 is 45.7. The van der Waals surface area contributed by atoms with E-state index >= 15 is 0 Å². The van der Waals surface area contributed by atoms with Crippen molar-refractivity contribution in [2.75, 3.05) is 12.3 Å². The van der Waals surface area contributed by atoms with Crippen LogP contribution in [0.2, 0.25) is 0 Å². The lowest BCUT2D eigenvalue weighted by Gasteiger charge is -2.33. The Hall–Kier alpha value is -2.60. The van der Waals surface area contributed by atoms with E-state index < -0.39 is 63.2 Å². The highest BCUT2D eigenvalue weighted by atomic mass is 32.2. The Labute approximate surface area is 212 Å². The monoisotopic (exact) mass is 533 g/mol. The maximum atomic E-state index is 13.9. The first-order chi connectivity index (χ1) is 16.6. The number of carbonyl (C=O) groups is 4. The zero-order valence-corrected chi connectivity index (χ0v) is 21.4. The van der Waals surface area contributed by atoms with E-state index in [-0.39, 0.29) is 24.7 Å². The third kappa shape index (κ3) is 7.45. The Morgan fingerprint density at radius 1 is 1.17 bits per heavy atom. The molecule has 1 fully saturated rings. The lowest BCUT2D eigenvalue weighted by Crippen LogP contribution is -2.62. The van der Waals surface area contributed by atoms with Gasteiger partial charge in [0, 0.05) is 25.0 Å². The van der Waals surface area contributed by atoms with Gasteiger partial charge in [-0.05, 0) is 33.3 Å². The molecule has 36 heavy (non-hydrogen) atoms. The molecular formula is C24H32F3N2O6S+. The molecule has 0 saturated carbocycles. The number of likely N-dealkylation sites (tertiary alicyclic amines) is 1. The van der Waals surface area contributed by atoms with E-state index in [4.69, 9.17) is 4.74 Å². The molecule has 8 nitrogen and oxygen atoms in total. The minimum atomic E-state index is -5.05. The van der Waals surface area contributed by atoms with Gasteiger partial charge in [0.1, 0.15) is 17.7 Å². The third-order valence-corrected chi connectivity index (χ3v) is 7.03. The summed E-state index contributed by atoms with van der Waals surface area (Å²) >= 11 is 0.245. The number of carbonyl (C=O) groups excluding carboxylic acids is 3. The molecular weight excluding hydrogens is 501 g/mol. The van der Waals surface area contributed by atoms with E-state index in [1.54, 1.807) is 51.1 Å². The number of halogens is 3. The second-order valence-electron chi connectivity index (χ2n) is 9.82. The van der Waals surface area contributed by atoms with Crippen molar-refractivity contribution < 1.29 is 46.7 Å².